The van der Waals surface area contributed by atoms with Gasteiger partial charge in [0.2, 0.25) is 0 Å². The molecule has 0 spiro atoms. The Hall–Kier alpha value is -0.830. The van der Waals surface area contributed by atoms with E-state index in [0.717, 1.165) is 31.6 Å². The van der Waals surface area contributed by atoms with Gasteiger partial charge in [0.05, 0.1) is 11.5 Å². The van der Waals surface area contributed by atoms with Crippen molar-refractivity contribution in [2.45, 2.75) is 51.1 Å². The van der Waals surface area contributed by atoms with E-state index in [9.17, 15) is 8.42 Å². The molecule has 2 fully saturated rings. The van der Waals surface area contributed by atoms with Crippen LogP contribution in [0.3, 0.4) is 0 Å². The zero-order valence-electron chi connectivity index (χ0n) is 15.9. The number of nitrogens with zero attached hydrogens (tertiary/aromatic N) is 1. The number of hydrogen-bond acceptors (Lipinski definition) is 3. The molecule has 1 heterocycles. The topological polar surface area (TPSA) is 70.6 Å². The van der Waals surface area contributed by atoms with E-state index in [4.69, 9.17) is 4.99 Å². The van der Waals surface area contributed by atoms with Crippen molar-refractivity contribution in [1.82, 2.24) is 10.6 Å². The van der Waals surface area contributed by atoms with Crippen LogP contribution in [-0.2, 0) is 22.7 Å². The highest BCUT2D eigenvalue weighted by atomic mass is 127. The predicted octanol–water partition coefficient (Wildman–Crippen LogP) is 2.54. The SMILES string of the molecule is CC1CC1NC(=NCC1CCS(=O)(=O)C1)NC1CCc2ccccc2C1.I. The van der Waals surface area contributed by atoms with Gasteiger partial charge in [0, 0.05) is 18.6 Å². The van der Waals surface area contributed by atoms with E-state index in [2.05, 4.69) is 41.8 Å². The third-order valence-electron chi connectivity index (χ3n) is 5.95. The Labute approximate surface area is 179 Å². The number of aryl methyl sites for hydroxylation is 1. The van der Waals surface area contributed by atoms with Gasteiger partial charge in [0.1, 0.15) is 0 Å². The summed E-state index contributed by atoms with van der Waals surface area (Å²) in [6.45, 7) is 2.84. The molecule has 0 amide bonds. The molecule has 3 aliphatic rings. The molecule has 0 radical (unpaired) electrons. The molecule has 4 unspecified atom stereocenters. The van der Waals surface area contributed by atoms with Gasteiger partial charge in [-0.25, -0.2) is 8.42 Å². The average Bonchev–Trinajstić information content (AvgIpc) is 3.19. The van der Waals surface area contributed by atoms with Crippen LogP contribution in [0.4, 0.5) is 0 Å². The van der Waals surface area contributed by atoms with Gasteiger partial charge in [-0.3, -0.25) is 4.99 Å². The van der Waals surface area contributed by atoms with Crippen LogP contribution in [0.2, 0.25) is 0 Å². The van der Waals surface area contributed by atoms with Gasteiger partial charge >= 0.3 is 0 Å². The van der Waals surface area contributed by atoms with Crippen LogP contribution in [-0.4, -0.2) is 44.5 Å². The lowest BCUT2D eigenvalue weighted by molar-refractivity contribution is 0.516. The summed E-state index contributed by atoms with van der Waals surface area (Å²) in [5, 5.41) is 7.17. The van der Waals surface area contributed by atoms with Crippen molar-refractivity contribution in [3.8, 4) is 0 Å². The monoisotopic (exact) mass is 503 g/mol. The summed E-state index contributed by atoms with van der Waals surface area (Å²) in [6, 6.07) is 9.57. The highest BCUT2D eigenvalue weighted by Gasteiger charge is 2.34. The molecule has 150 valence electrons. The number of halogens is 1. The Morgan fingerprint density at radius 1 is 1.19 bits per heavy atom. The number of aliphatic imine (C=N–C) groups is 1. The predicted molar refractivity (Wildman–Crippen MR) is 121 cm³/mol. The molecule has 7 heteroatoms. The molecule has 1 aromatic rings. The minimum Gasteiger partial charge on any atom is -0.353 e. The number of nitrogens with one attached hydrogen (secondary N) is 2. The van der Waals surface area contributed by atoms with Crippen molar-refractivity contribution in [2.75, 3.05) is 18.1 Å². The summed E-state index contributed by atoms with van der Waals surface area (Å²) in [5.74, 6) is 2.35. The molecule has 2 aliphatic carbocycles. The number of hydrogen-bond donors (Lipinski definition) is 2. The van der Waals surface area contributed by atoms with Gasteiger partial charge in [-0.2, -0.15) is 0 Å². The molecule has 27 heavy (non-hydrogen) atoms. The number of fused-ring (bicyclic) bond motifs is 1. The first-order valence-corrected chi connectivity index (χ1v) is 11.7. The lowest BCUT2D eigenvalue weighted by Crippen LogP contribution is -2.47. The van der Waals surface area contributed by atoms with Crippen LogP contribution >= 0.6 is 24.0 Å². The van der Waals surface area contributed by atoms with Crippen LogP contribution in [0.1, 0.15) is 37.3 Å². The Morgan fingerprint density at radius 3 is 2.59 bits per heavy atom. The maximum atomic E-state index is 11.7. The minimum atomic E-state index is -2.83. The summed E-state index contributed by atoms with van der Waals surface area (Å²) in [6.07, 6.45) is 5.16. The van der Waals surface area contributed by atoms with Crippen LogP contribution in [0.15, 0.2) is 29.3 Å². The fraction of sp³-hybridized carbons (Fsp3) is 0.650. The van der Waals surface area contributed by atoms with Crippen molar-refractivity contribution >= 4 is 39.8 Å². The highest BCUT2D eigenvalue weighted by Crippen LogP contribution is 2.29. The largest absolute Gasteiger partial charge is 0.353 e. The molecule has 1 aromatic carbocycles. The van der Waals surface area contributed by atoms with E-state index in [-0.39, 0.29) is 29.9 Å². The van der Waals surface area contributed by atoms with Crippen LogP contribution in [0, 0.1) is 11.8 Å². The molecular formula is C20H30IN3O2S. The third kappa shape index (κ3) is 5.59. The zero-order chi connectivity index (χ0) is 18.1. The Balaban J connectivity index is 0.00000210. The number of benzene rings is 1. The summed E-state index contributed by atoms with van der Waals surface area (Å²) in [4.78, 5) is 4.77. The van der Waals surface area contributed by atoms with Gasteiger partial charge < -0.3 is 10.6 Å². The van der Waals surface area contributed by atoms with E-state index in [1.165, 1.54) is 17.5 Å². The van der Waals surface area contributed by atoms with E-state index < -0.39 is 9.84 Å². The smallest absolute Gasteiger partial charge is 0.191 e. The molecule has 2 N–H and O–H groups in total. The van der Waals surface area contributed by atoms with E-state index >= 15 is 0 Å². The normalized spacial score (nSPS) is 31.5. The second-order valence-corrected chi connectivity index (χ2v) is 10.5. The second-order valence-electron chi connectivity index (χ2n) is 8.27. The lowest BCUT2D eigenvalue weighted by Gasteiger charge is -2.27. The Morgan fingerprint density at radius 2 is 1.93 bits per heavy atom. The van der Waals surface area contributed by atoms with Crippen molar-refractivity contribution in [2.24, 2.45) is 16.8 Å². The van der Waals surface area contributed by atoms with E-state index in [1.54, 1.807) is 0 Å². The quantitative estimate of drug-likeness (QED) is 0.377. The van der Waals surface area contributed by atoms with Crippen molar-refractivity contribution in [3.05, 3.63) is 35.4 Å². The molecule has 1 saturated heterocycles. The van der Waals surface area contributed by atoms with Gasteiger partial charge in [0.25, 0.3) is 0 Å². The molecule has 4 rings (SSSR count). The summed E-state index contributed by atoms with van der Waals surface area (Å²) in [7, 11) is -2.83. The van der Waals surface area contributed by atoms with E-state index in [1.807, 2.05) is 0 Å². The molecule has 0 bridgehead atoms. The van der Waals surface area contributed by atoms with E-state index in [0.29, 0.717) is 36.1 Å². The van der Waals surface area contributed by atoms with Crippen LogP contribution in [0.25, 0.3) is 0 Å². The molecule has 1 aliphatic heterocycles. The van der Waals surface area contributed by atoms with Gasteiger partial charge in [-0.05, 0) is 55.1 Å². The molecule has 1 saturated carbocycles. The van der Waals surface area contributed by atoms with Crippen molar-refractivity contribution in [3.63, 3.8) is 0 Å². The van der Waals surface area contributed by atoms with Gasteiger partial charge in [-0.15, -0.1) is 24.0 Å². The van der Waals surface area contributed by atoms with Gasteiger partial charge in [-0.1, -0.05) is 31.2 Å². The lowest BCUT2D eigenvalue weighted by atomic mass is 9.88. The first kappa shape index (κ1) is 20.9. The Bertz CT molecular complexity index is 796. The summed E-state index contributed by atoms with van der Waals surface area (Å²) < 4.78 is 23.3. The molecule has 5 nitrogen and oxygen atoms in total. The zero-order valence-corrected chi connectivity index (χ0v) is 19.0. The third-order valence-corrected chi connectivity index (χ3v) is 7.79. The highest BCUT2D eigenvalue weighted by molar-refractivity contribution is 14.0. The fourth-order valence-corrected chi connectivity index (χ4v) is 5.93. The maximum Gasteiger partial charge on any atom is 0.191 e. The van der Waals surface area contributed by atoms with Crippen LogP contribution < -0.4 is 10.6 Å². The summed E-state index contributed by atoms with van der Waals surface area (Å²) in [5.41, 5.74) is 2.89. The van der Waals surface area contributed by atoms with Crippen LogP contribution in [0.5, 0.6) is 0 Å². The number of guanidine groups is 1. The van der Waals surface area contributed by atoms with Gasteiger partial charge in [0.15, 0.2) is 15.8 Å². The average molecular weight is 503 g/mol. The number of sulfone groups is 1. The first-order chi connectivity index (χ1) is 12.5. The fourth-order valence-electron chi connectivity index (χ4n) is 4.08. The standard InChI is InChI=1S/C20H29N3O2S.HI/c1-14-10-19(14)23-20(21-12-15-8-9-26(24,25)13-15)22-18-7-6-16-4-2-3-5-17(16)11-18;/h2-5,14-15,18-19H,6-13H2,1H3,(H2,21,22,23);1H. The summed E-state index contributed by atoms with van der Waals surface area (Å²) >= 11 is 0. The molecule has 4 atom stereocenters. The molecular weight excluding hydrogens is 473 g/mol. The number of rotatable bonds is 4. The minimum absolute atomic E-state index is 0. The second kappa shape index (κ2) is 8.68. The van der Waals surface area contributed by atoms with Crippen molar-refractivity contribution < 1.29 is 8.42 Å². The van der Waals surface area contributed by atoms with Crippen molar-refractivity contribution in [1.29, 1.82) is 0 Å². The maximum absolute atomic E-state index is 11.7. The molecule has 0 aromatic heterocycles. The first-order valence-electron chi connectivity index (χ1n) is 9.83. The Kier molecular flexibility index (Phi) is 6.71.